The number of carbonyl (C=O) groups excluding carboxylic acids is 1. The van der Waals surface area contributed by atoms with Gasteiger partial charge in [0.25, 0.3) is 0 Å². The van der Waals surface area contributed by atoms with Crippen molar-refractivity contribution < 1.29 is 9.18 Å². The Kier molecular flexibility index (Phi) is 3.84. The van der Waals surface area contributed by atoms with Gasteiger partial charge in [-0.1, -0.05) is 12.1 Å². The predicted octanol–water partition coefficient (Wildman–Crippen LogP) is 2.73. The van der Waals surface area contributed by atoms with Gasteiger partial charge >= 0.3 is 0 Å². The van der Waals surface area contributed by atoms with Crippen molar-refractivity contribution in [3.8, 4) is 6.07 Å². The van der Waals surface area contributed by atoms with Gasteiger partial charge in [-0.3, -0.25) is 4.79 Å². The molecular formula is C13H15FN2O. The number of rotatable bonds is 3. The Labute approximate surface area is 100 Å². The average molecular weight is 234 g/mol. The van der Waals surface area contributed by atoms with Crippen LogP contribution in [0, 0.1) is 22.6 Å². The van der Waals surface area contributed by atoms with Crippen LogP contribution in [0.3, 0.4) is 0 Å². The van der Waals surface area contributed by atoms with Crippen LogP contribution in [0.15, 0.2) is 24.3 Å². The first-order valence-corrected chi connectivity index (χ1v) is 5.41. The minimum absolute atomic E-state index is 0.211. The van der Waals surface area contributed by atoms with E-state index >= 15 is 0 Å². The van der Waals surface area contributed by atoms with E-state index in [-0.39, 0.29) is 5.69 Å². The molecule has 0 aliphatic rings. The van der Waals surface area contributed by atoms with Crippen LogP contribution in [0.1, 0.15) is 20.8 Å². The van der Waals surface area contributed by atoms with Gasteiger partial charge in [-0.25, -0.2) is 4.39 Å². The van der Waals surface area contributed by atoms with Crippen LogP contribution in [0.4, 0.5) is 10.1 Å². The third kappa shape index (κ3) is 2.62. The highest BCUT2D eigenvalue weighted by molar-refractivity contribution is 5.98. The zero-order valence-corrected chi connectivity index (χ0v) is 10.2. The second-order valence-corrected chi connectivity index (χ2v) is 4.24. The van der Waals surface area contributed by atoms with Gasteiger partial charge in [0, 0.05) is 6.54 Å². The fraction of sp³-hybridized carbons (Fsp3) is 0.385. The Morgan fingerprint density at radius 2 is 2.06 bits per heavy atom. The molecule has 1 rings (SSSR count). The summed E-state index contributed by atoms with van der Waals surface area (Å²) in [5, 5.41) is 8.93. The summed E-state index contributed by atoms with van der Waals surface area (Å²) in [6, 6.07) is 7.98. The number of nitrogens with zero attached hydrogens (tertiary/aromatic N) is 2. The van der Waals surface area contributed by atoms with Gasteiger partial charge in [0.05, 0.1) is 11.8 Å². The van der Waals surface area contributed by atoms with E-state index in [0.717, 1.165) is 0 Å². The smallest absolute Gasteiger partial charge is 0.246 e. The van der Waals surface area contributed by atoms with Crippen molar-refractivity contribution in [2.45, 2.75) is 20.8 Å². The van der Waals surface area contributed by atoms with E-state index in [0.29, 0.717) is 6.54 Å². The first-order valence-electron chi connectivity index (χ1n) is 5.41. The van der Waals surface area contributed by atoms with E-state index < -0.39 is 17.1 Å². The quantitative estimate of drug-likeness (QED) is 0.807. The molecule has 0 aliphatic carbocycles. The van der Waals surface area contributed by atoms with Crippen molar-refractivity contribution in [3.63, 3.8) is 0 Å². The van der Waals surface area contributed by atoms with E-state index in [1.165, 1.54) is 30.9 Å². The van der Waals surface area contributed by atoms with E-state index in [1.54, 1.807) is 19.1 Å². The van der Waals surface area contributed by atoms with Crippen LogP contribution in [-0.4, -0.2) is 12.5 Å². The Bertz CT molecular complexity index is 463. The first-order chi connectivity index (χ1) is 7.94. The predicted molar refractivity (Wildman–Crippen MR) is 63.8 cm³/mol. The molecule has 3 nitrogen and oxygen atoms in total. The topological polar surface area (TPSA) is 44.1 Å². The van der Waals surface area contributed by atoms with Gasteiger partial charge in [0.2, 0.25) is 5.91 Å². The number of anilines is 1. The maximum Gasteiger partial charge on any atom is 0.246 e. The molecule has 90 valence electrons. The molecule has 0 aliphatic heterocycles. The van der Waals surface area contributed by atoms with Crippen LogP contribution in [-0.2, 0) is 4.79 Å². The summed E-state index contributed by atoms with van der Waals surface area (Å²) in [6.45, 7) is 5.13. The van der Waals surface area contributed by atoms with Crippen molar-refractivity contribution in [1.29, 1.82) is 5.26 Å². The zero-order chi connectivity index (χ0) is 13.1. The maximum absolute atomic E-state index is 13.6. The number of benzene rings is 1. The molecule has 0 unspecified atom stereocenters. The standard InChI is InChI=1S/C13H15FN2O/c1-4-16(12(17)13(2,3)9-15)11-8-6-5-7-10(11)14/h5-8H,4H2,1-3H3. The summed E-state index contributed by atoms with van der Waals surface area (Å²) in [7, 11) is 0. The van der Waals surface area contributed by atoms with Gasteiger partial charge in [0.1, 0.15) is 11.2 Å². The number of halogens is 1. The van der Waals surface area contributed by atoms with Gasteiger partial charge in [-0.15, -0.1) is 0 Å². The van der Waals surface area contributed by atoms with Crippen LogP contribution in [0.25, 0.3) is 0 Å². The number of hydrogen-bond donors (Lipinski definition) is 0. The van der Waals surface area contributed by atoms with Crippen molar-refractivity contribution >= 4 is 11.6 Å². The van der Waals surface area contributed by atoms with Gasteiger partial charge < -0.3 is 4.90 Å². The Hall–Kier alpha value is -1.89. The first kappa shape index (κ1) is 13.2. The average Bonchev–Trinajstić information content (AvgIpc) is 2.32. The molecule has 1 amide bonds. The van der Waals surface area contributed by atoms with Crippen molar-refractivity contribution in [1.82, 2.24) is 0 Å². The lowest BCUT2D eigenvalue weighted by Crippen LogP contribution is -2.40. The highest BCUT2D eigenvalue weighted by Crippen LogP contribution is 2.25. The number of hydrogen-bond acceptors (Lipinski definition) is 2. The van der Waals surface area contributed by atoms with Crippen LogP contribution in [0.5, 0.6) is 0 Å². The summed E-state index contributed by atoms with van der Waals surface area (Å²) >= 11 is 0. The molecule has 4 heteroatoms. The number of nitriles is 1. The lowest BCUT2D eigenvalue weighted by molar-refractivity contribution is -0.124. The second kappa shape index (κ2) is 4.96. The molecule has 1 aromatic carbocycles. The third-order valence-electron chi connectivity index (χ3n) is 2.52. The molecule has 0 saturated heterocycles. The highest BCUT2D eigenvalue weighted by atomic mass is 19.1. The summed E-state index contributed by atoms with van der Waals surface area (Å²) in [6.07, 6.45) is 0. The lowest BCUT2D eigenvalue weighted by Gasteiger charge is -2.27. The zero-order valence-electron chi connectivity index (χ0n) is 10.2. The van der Waals surface area contributed by atoms with Gasteiger partial charge in [-0.2, -0.15) is 5.26 Å². The summed E-state index contributed by atoms with van der Waals surface area (Å²) in [4.78, 5) is 13.4. The van der Waals surface area contributed by atoms with Crippen molar-refractivity contribution in [2.75, 3.05) is 11.4 Å². The second-order valence-electron chi connectivity index (χ2n) is 4.24. The molecule has 0 saturated carbocycles. The molecule has 0 bridgehead atoms. The number of carbonyl (C=O) groups is 1. The SMILES string of the molecule is CCN(C(=O)C(C)(C)C#N)c1ccccc1F. The van der Waals surface area contributed by atoms with Crippen molar-refractivity contribution in [3.05, 3.63) is 30.1 Å². The monoisotopic (exact) mass is 234 g/mol. The Morgan fingerprint density at radius 3 is 2.53 bits per heavy atom. The van der Waals surface area contributed by atoms with Crippen LogP contribution >= 0.6 is 0 Å². The van der Waals surface area contributed by atoms with Crippen LogP contribution < -0.4 is 4.90 Å². The normalized spacial score (nSPS) is 10.8. The fourth-order valence-electron chi connectivity index (χ4n) is 1.48. The molecule has 0 radical (unpaired) electrons. The summed E-state index contributed by atoms with van der Waals surface area (Å²) in [5.41, 5.74) is -0.943. The largest absolute Gasteiger partial charge is 0.309 e. The van der Waals surface area contributed by atoms with E-state index in [1.807, 2.05) is 6.07 Å². The Balaban J connectivity index is 3.15. The molecule has 0 aromatic heterocycles. The minimum Gasteiger partial charge on any atom is -0.309 e. The molecule has 0 atom stereocenters. The molecular weight excluding hydrogens is 219 g/mol. The highest BCUT2D eigenvalue weighted by Gasteiger charge is 2.32. The fourth-order valence-corrected chi connectivity index (χ4v) is 1.48. The summed E-state index contributed by atoms with van der Waals surface area (Å²) < 4.78 is 13.6. The molecule has 0 heterocycles. The number of amides is 1. The summed E-state index contributed by atoms with van der Waals surface area (Å²) in [5.74, 6) is -0.857. The van der Waals surface area contributed by atoms with E-state index in [4.69, 9.17) is 5.26 Å². The van der Waals surface area contributed by atoms with Gasteiger partial charge in [-0.05, 0) is 32.9 Å². The van der Waals surface area contributed by atoms with Crippen molar-refractivity contribution in [2.24, 2.45) is 5.41 Å². The molecule has 0 fully saturated rings. The van der Waals surface area contributed by atoms with E-state index in [9.17, 15) is 9.18 Å². The minimum atomic E-state index is -1.15. The lowest BCUT2D eigenvalue weighted by atomic mass is 9.93. The van der Waals surface area contributed by atoms with Crippen LogP contribution in [0.2, 0.25) is 0 Å². The third-order valence-corrected chi connectivity index (χ3v) is 2.52. The van der Waals surface area contributed by atoms with E-state index in [2.05, 4.69) is 0 Å². The maximum atomic E-state index is 13.6. The Morgan fingerprint density at radius 1 is 1.47 bits per heavy atom. The molecule has 0 spiro atoms. The number of para-hydroxylation sites is 1. The molecule has 0 N–H and O–H groups in total. The molecule has 17 heavy (non-hydrogen) atoms. The molecule has 1 aromatic rings. The van der Waals surface area contributed by atoms with Gasteiger partial charge in [0.15, 0.2) is 0 Å².